The molecule has 0 spiro atoms. The second-order valence-electron chi connectivity index (χ2n) is 5.43. The molecule has 3 heterocycles. The second kappa shape index (κ2) is 7.36. The van der Waals surface area contributed by atoms with E-state index in [0.717, 1.165) is 6.92 Å². The van der Waals surface area contributed by atoms with Gasteiger partial charge in [0.15, 0.2) is 11.5 Å². The number of aromatic amines is 1. The Labute approximate surface area is 136 Å². The van der Waals surface area contributed by atoms with Gasteiger partial charge in [0.05, 0.1) is 19.0 Å². The van der Waals surface area contributed by atoms with Crippen LogP contribution in [0.4, 0.5) is 4.39 Å². The van der Waals surface area contributed by atoms with Gasteiger partial charge in [0, 0.05) is 20.2 Å². The van der Waals surface area contributed by atoms with E-state index >= 15 is 0 Å². The van der Waals surface area contributed by atoms with Crippen LogP contribution in [0.15, 0.2) is 17.3 Å². The molecule has 0 bridgehead atoms. The van der Waals surface area contributed by atoms with Crippen molar-refractivity contribution in [2.75, 3.05) is 13.7 Å². The predicted molar refractivity (Wildman–Crippen MR) is 80.4 cm³/mol. The first-order valence-corrected chi connectivity index (χ1v) is 7.26. The Morgan fingerprint density at radius 1 is 1.54 bits per heavy atom. The van der Waals surface area contributed by atoms with Crippen LogP contribution in [0.2, 0.25) is 0 Å². The van der Waals surface area contributed by atoms with E-state index in [1.807, 2.05) is 0 Å². The largest absolute Gasteiger partial charge is 0.394 e. The van der Waals surface area contributed by atoms with E-state index in [1.165, 1.54) is 24.2 Å². The number of halogens is 1. The summed E-state index contributed by atoms with van der Waals surface area (Å²) in [6.07, 6.45) is 3.19. The Balaban J connectivity index is 0.000000301. The van der Waals surface area contributed by atoms with E-state index in [2.05, 4.69) is 14.7 Å². The molecule has 2 atom stereocenters. The molecule has 0 radical (unpaired) electrons. The molecule has 0 saturated carbocycles. The number of ether oxygens (including phenoxy) is 2. The summed E-state index contributed by atoms with van der Waals surface area (Å²) in [5.41, 5.74) is -0.243. The highest BCUT2D eigenvalue weighted by molar-refractivity contribution is 5.75. The van der Waals surface area contributed by atoms with E-state index < -0.39 is 17.3 Å². The number of nitrogens with zero attached hydrogens (tertiary/aromatic N) is 2. The number of nitrogens with one attached hydrogen (secondary N) is 1. The number of methoxy groups -OCH3 is 1. The molecule has 1 aliphatic rings. The van der Waals surface area contributed by atoms with Gasteiger partial charge in [-0.25, -0.2) is 9.37 Å². The lowest BCUT2D eigenvalue weighted by molar-refractivity contribution is -0.312. The van der Waals surface area contributed by atoms with Crippen LogP contribution < -0.4 is 5.56 Å². The summed E-state index contributed by atoms with van der Waals surface area (Å²) in [4.78, 5) is 17.8. The average molecular weight is 345 g/mol. The van der Waals surface area contributed by atoms with E-state index in [1.54, 1.807) is 0 Å². The van der Waals surface area contributed by atoms with Gasteiger partial charge in [0.25, 0.3) is 11.5 Å². The molecule has 24 heavy (non-hydrogen) atoms. The van der Waals surface area contributed by atoms with Crippen molar-refractivity contribution in [2.24, 2.45) is 0 Å². The molecular formula is C14H20FN3O6. The number of aliphatic hydroxyl groups is 3. The summed E-state index contributed by atoms with van der Waals surface area (Å²) in [5.74, 6) is -2.57. The minimum atomic E-state index is -1.96. The van der Waals surface area contributed by atoms with Gasteiger partial charge < -0.3 is 34.3 Å². The summed E-state index contributed by atoms with van der Waals surface area (Å²) in [5, 5.41) is 25.3. The van der Waals surface area contributed by atoms with Crippen LogP contribution >= 0.6 is 0 Å². The fourth-order valence-electron chi connectivity index (χ4n) is 2.29. The summed E-state index contributed by atoms with van der Waals surface area (Å²) < 4.78 is 24.8. The van der Waals surface area contributed by atoms with Crippen molar-refractivity contribution < 1.29 is 29.2 Å². The van der Waals surface area contributed by atoms with Gasteiger partial charge in [0.2, 0.25) is 0 Å². The summed E-state index contributed by atoms with van der Waals surface area (Å²) in [6, 6.07) is 0. The summed E-state index contributed by atoms with van der Waals surface area (Å²) >= 11 is 0. The summed E-state index contributed by atoms with van der Waals surface area (Å²) in [7, 11) is 1.21. The third kappa shape index (κ3) is 4.16. The molecule has 1 saturated heterocycles. The minimum absolute atomic E-state index is 0.0615. The van der Waals surface area contributed by atoms with Gasteiger partial charge in [0.1, 0.15) is 11.6 Å². The molecule has 10 heteroatoms. The van der Waals surface area contributed by atoms with Crippen molar-refractivity contribution in [3.05, 3.63) is 28.7 Å². The van der Waals surface area contributed by atoms with E-state index in [9.17, 15) is 9.18 Å². The smallest absolute Gasteiger partial charge is 0.274 e. The van der Waals surface area contributed by atoms with Crippen LogP contribution in [0.25, 0.3) is 11.0 Å². The maximum atomic E-state index is 13.7. The van der Waals surface area contributed by atoms with Gasteiger partial charge in [-0.2, -0.15) is 0 Å². The Morgan fingerprint density at radius 3 is 2.75 bits per heavy atom. The number of H-pyrrole nitrogens is 1. The van der Waals surface area contributed by atoms with Crippen LogP contribution in [0, 0.1) is 5.82 Å². The monoisotopic (exact) mass is 345 g/mol. The lowest BCUT2D eigenvalue weighted by Crippen LogP contribution is -2.24. The van der Waals surface area contributed by atoms with Crippen molar-refractivity contribution in [1.82, 2.24) is 14.5 Å². The molecule has 2 unspecified atom stereocenters. The van der Waals surface area contributed by atoms with Crippen LogP contribution in [0.1, 0.15) is 26.0 Å². The van der Waals surface area contributed by atoms with Gasteiger partial charge >= 0.3 is 0 Å². The molecule has 9 nitrogen and oxygen atoms in total. The lowest BCUT2D eigenvalue weighted by atomic mass is 10.2. The first-order chi connectivity index (χ1) is 11.3. The molecular weight excluding hydrogens is 325 g/mol. The van der Waals surface area contributed by atoms with Gasteiger partial charge in [-0.15, -0.1) is 0 Å². The SMILES string of the molecule is COC(C)(O)O.O=c1[nH]cnc2c1c(F)cn2C1CCC(CO)O1. The maximum absolute atomic E-state index is 13.7. The molecule has 3 rings (SSSR count). The topological polar surface area (TPSA) is 130 Å². The molecule has 1 fully saturated rings. The fourth-order valence-corrected chi connectivity index (χ4v) is 2.29. The molecule has 0 aliphatic carbocycles. The lowest BCUT2D eigenvalue weighted by Gasteiger charge is -2.14. The van der Waals surface area contributed by atoms with E-state index in [0.29, 0.717) is 12.8 Å². The van der Waals surface area contributed by atoms with Crippen LogP contribution in [0.5, 0.6) is 0 Å². The van der Waals surface area contributed by atoms with Crippen LogP contribution in [-0.2, 0) is 9.47 Å². The summed E-state index contributed by atoms with van der Waals surface area (Å²) in [6.45, 7) is 1.07. The molecule has 2 aromatic heterocycles. The predicted octanol–water partition coefficient (Wildman–Crippen LogP) is -0.175. The maximum Gasteiger partial charge on any atom is 0.274 e. The third-order valence-electron chi connectivity index (χ3n) is 3.55. The Hall–Kier alpha value is -1.85. The molecule has 2 aromatic rings. The number of fused-ring (bicyclic) bond motifs is 1. The molecule has 4 N–H and O–H groups in total. The number of aromatic nitrogens is 3. The van der Waals surface area contributed by atoms with Crippen molar-refractivity contribution in [3.8, 4) is 0 Å². The molecule has 0 aromatic carbocycles. The van der Waals surface area contributed by atoms with Crippen molar-refractivity contribution in [1.29, 1.82) is 0 Å². The number of hydrogen-bond donors (Lipinski definition) is 4. The second-order valence-corrected chi connectivity index (χ2v) is 5.43. The molecule has 1 aliphatic heterocycles. The van der Waals surface area contributed by atoms with E-state index in [4.69, 9.17) is 20.1 Å². The Morgan fingerprint density at radius 2 is 2.21 bits per heavy atom. The van der Waals surface area contributed by atoms with Crippen molar-refractivity contribution in [3.63, 3.8) is 0 Å². The first kappa shape index (κ1) is 18.5. The Kier molecular flexibility index (Phi) is 5.67. The quantitative estimate of drug-likeness (QED) is 0.568. The van der Waals surface area contributed by atoms with Gasteiger partial charge in [-0.3, -0.25) is 4.79 Å². The minimum Gasteiger partial charge on any atom is -0.394 e. The van der Waals surface area contributed by atoms with E-state index in [-0.39, 0.29) is 30.0 Å². The number of hydrogen-bond acceptors (Lipinski definition) is 7. The highest BCUT2D eigenvalue weighted by Crippen LogP contribution is 2.30. The normalized spacial score (nSPS) is 20.9. The van der Waals surface area contributed by atoms with Crippen molar-refractivity contribution >= 4 is 11.0 Å². The zero-order valence-corrected chi connectivity index (χ0v) is 13.3. The average Bonchev–Trinajstić information content (AvgIpc) is 3.12. The van der Waals surface area contributed by atoms with Crippen LogP contribution in [0.3, 0.4) is 0 Å². The standard InChI is InChI=1S/C11H12FN3O3.C3H8O3/c12-7-3-15(8-2-1-6(4-16)18-8)10-9(7)11(17)14-5-13-10;1-3(4,5)6-2/h3,5-6,8,16H,1-2,4H2,(H,13,14,17);4-5H,1-2H3. The number of rotatable bonds is 3. The van der Waals surface area contributed by atoms with Crippen LogP contribution in [-0.4, -0.2) is 55.6 Å². The first-order valence-electron chi connectivity index (χ1n) is 7.26. The molecule has 134 valence electrons. The highest BCUT2D eigenvalue weighted by atomic mass is 19.1. The van der Waals surface area contributed by atoms with Crippen molar-refractivity contribution in [2.45, 2.75) is 38.1 Å². The van der Waals surface area contributed by atoms with Gasteiger partial charge in [-0.05, 0) is 12.8 Å². The zero-order chi connectivity index (χ0) is 17.9. The number of aliphatic hydroxyl groups excluding tert-OH is 1. The van der Waals surface area contributed by atoms with Gasteiger partial charge in [-0.1, -0.05) is 0 Å². The third-order valence-corrected chi connectivity index (χ3v) is 3.55. The fraction of sp³-hybridized carbons (Fsp3) is 0.571. The zero-order valence-electron chi connectivity index (χ0n) is 13.3. The Bertz CT molecular complexity index is 738. The highest BCUT2D eigenvalue weighted by Gasteiger charge is 2.28. The molecule has 0 amide bonds.